The lowest BCUT2D eigenvalue weighted by molar-refractivity contribution is -0.144. The summed E-state index contributed by atoms with van der Waals surface area (Å²) in [6, 6.07) is 8.26. The van der Waals surface area contributed by atoms with Crippen LogP contribution in [-0.4, -0.2) is 18.9 Å². The Morgan fingerprint density at radius 2 is 1.58 bits per heavy atom. The predicted octanol–water partition coefficient (Wildman–Crippen LogP) is 4.51. The van der Waals surface area contributed by atoms with Crippen LogP contribution in [0.25, 0.3) is 0 Å². The number of rotatable bonds is 3. The van der Waals surface area contributed by atoms with Gasteiger partial charge in [-0.05, 0) is 79.9 Å². The molecule has 0 saturated heterocycles. The van der Waals surface area contributed by atoms with E-state index in [0.29, 0.717) is 5.92 Å². The van der Waals surface area contributed by atoms with Crippen molar-refractivity contribution in [3.8, 4) is 0 Å². The van der Waals surface area contributed by atoms with E-state index in [-0.39, 0.29) is 17.3 Å². The Balaban J connectivity index is 1.43. The summed E-state index contributed by atoms with van der Waals surface area (Å²) in [5.41, 5.74) is 2.01. The predicted molar refractivity (Wildman–Crippen MR) is 105 cm³/mol. The van der Waals surface area contributed by atoms with Crippen molar-refractivity contribution in [3.63, 3.8) is 0 Å². The Hall–Kier alpha value is -1.84. The van der Waals surface area contributed by atoms with Crippen molar-refractivity contribution in [2.45, 2.75) is 58.3 Å². The molecule has 1 aromatic rings. The van der Waals surface area contributed by atoms with Crippen molar-refractivity contribution in [2.24, 2.45) is 23.2 Å². The van der Waals surface area contributed by atoms with Gasteiger partial charge in [-0.25, -0.2) is 0 Å². The minimum atomic E-state index is -0.205. The molecule has 140 valence electrons. The van der Waals surface area contributed by atoms with Gasteiger partial charge >= 0.3 is 0 Å². The van der Waals surface area contributed by atoms with Crippen molar-refractivity contribution in [1.82, 2.24) is 5.32 Å². The van der Waals surface area contributed by atoms with Gasteiger partial charge in [-0.15, -0.1) is 0 Å². The van der Waals surface area contributed by atoms with Crippen LogP contribution in [0.1, 0.15) is 63.9 Å². The Labute approximate surface area is 156 Å². The van der Waals surface area contributed by atoms with E-state index in [9.17, 15) is 4.79 Å². The molecule has 4 saturated carbocycles. The van der Waals surface area contributed by atoms with Crippen molar-refractivity contribution in [2.75, 3.05) is 11.9 Å². The van der Waals surface area contributed by atoms with E-state index >= 15 is 0 Å². The van der Waals surface area contributed by atoms with Crippen LogP contribution in [0.15, 0.2) is 24.3 Å². The fraction of sp³-hybridized carbons (Fsp3) is 0.636. The molecule has 0 spiro atoms. The molecule has 4 heteroatoms. The quantitative estimate of drug-likeness (QED) is 0.620. The highest BCUT2D eigenvalue weighted by molar-refractivity contribution is 6.05. The lowest BCUT2D eigenvalue weighted by Crippen LogP contribution is -2.56. The summed E-state index contributed by atoms with van der Waals surface area (Å²) in [6.07, 6.45) is 7.07. The Bertz CT molecular complexity index is 671. The standard InChI is InChI=1S/C22H31N3O/c1-14(2)18-4-6-19(7-5-18)25(3)21(23)24-20(26)22-11-15-8-16(12-22)10-17(9-15)13-22/h4-7,14-17H,8-13H2,1-3H3,(H2,23,24,26). The number of guanidine groups is 1. The third-order valence-electron chi connectivity index (χ3n) is 7.03. The third-order valence-corrected chi connectivity index (χ3v) is 7.03. The van der Waals surface area contributed by atoms with Gasteiger partial charge < -0.3 is 4.90 Å². The average molecular weight is 354 g/mol. The minimum Gasteiger partial charge on any atom is -0.316 e. The molecule has 4 aliphatic carbocycles. The first kappa shape index (κ1) is 17.6. The molecular weight excluding hydrogens is 322 g/mol. The molecule has 0 atom stereocenters. The number of nitrogens with zero attached hydrogens (tertiary/aromatic N) is 1. The molecule has 4 nitrogen and oxygen atoms in total. The van der Waals surface area contributed by atoms with Gasteiger partial charge in [0.15, 0.2) is 0 Å². The molecule has 4 bridgehead atoms. The number of anilines is 1. The Morgan fingerprint density at radius 1 is 1.08 bits per heavy atom. The maximum absolute atomic E-state index is 13.1. The number of benzene rings is 1. The summed E-state index contributed by atoms with van der Waals surface area (Å²) >= 11 is 0. The summed E-state index contributed by atoms with van der Waals surface area (Å²) in [6.45, 7) is 4.35. The lowest BCUT2D eigenvalue weighted by Gasteiger charge is -2.55. The molecule has 0 aliphatic heterocycles. The largest absolute Gasteiger partial charge is 0.316 e. The second-order valence-corrected chi connectivity index (χ2v) is 9.31. The summed E-state index contributed by atoms with van der Waals surface area (Å²) in [5.74, 6) is 2.98. The fourth-order valence-electron chi connectivity index (χ4n) is 5.92. The zero-order valence-corrected chi connectivity index (χ0v) is 16.2. The number of carbonyl (C=O) groups is 1. The smallest absolute Gasteiger partial charge is 0.232 e. The van der Waals surface area contributed by atoms with Gasteiger partial charge in [-0.2, -0.15) is 0 Å². The maximum Gasteiger partial charge on any atom is 0.232 e. The van der Waals surface area contributed by atoms with Crippen molar-refractivity contribution in [1.29, 1.82) is 5.41 Å². The molecule has 0 unspecified atom stereocenters. The fourth-order valence-corrected chi connectivity index (χ4v) is 5.92. The van der Waals surface area contributed by atoms with Gasteiger partial charge in [0.05, 0.1) is 5.41 Å². The molecule has 4 fully saturated rings. The maximum atomic E-state index is 13.1. The number of nitrogens with one attached hydrogen (secondary N) is 2. The highest BCUT2D eigenvalue weighted by Gasteiger charge is 2.54. The van der Waals surface area contributed by atoms with Crippen molar-refractivity contribution in [3.05, 3.63) is 29.8 Å². The molecule has 0 heterocycles. The third kappa shape index (κ3) is 3.04. The van der Waals surface area contributed by atoms with Crippen LogP contribution in [0.2, 0.25) is 0 Å². The second-order valence-electron chi connectivity index (χ2n) is 9.31. The molecule has 26 heavy (non-hydrogen) atoms. The van der Waals surface area contributed by atoms with Crippen molar-refractivity contribution < 1.29 is 4.79 Å². The van der Waals surface area contributed by atoms with Crippen molar-refractivity contribution >= 4 is 17.6 Å². The molecule has 4 aliphatic rings. The van der Waals surface area contributed by atoms with E-state index in [4.69, 9.17) is 5.41 Å². The molecular formula is C22H31N3O. The van der Waals surface area contributed by atoms with Crippen LogP contribution >= 0.6 is 0 Å². The van der Waals surface area contributed by atoms with E-state index in [1.807, 2.05) is 19.2 Å². The summed E-state index contributed by atoms with van der Waals surface area (Å²) in [7, 11) is 1.85. The van der Waals surface area contributed by atoms with Gasteiger partial charge in [-0.3, -0.25) is 15.5 Å². The molecule has 0 radical (unpaired) electrons. The van der Waals surface area contributed by atoms with Crippen LogP contribution in [0.5, 0.6) is 0 Å². The first-order valence-electron chi connectivity index (χ1n) is 10.1. The van der Waals surface area contributed by atoms with E-state index in [0.717, 1.165) is 42.7 Å². The highest BCUT2D eigenvalue weighted by Crippen LogP contribution is 2.60. The van der Waals surface area contributed by atoms with Crippen LogP contribution in [0.3, 0.4) is 0 Å². The molecule has 2 N–H and O–H groups in total. The van der Waals surface area contributed by atoms with Gasteiger partial charge in [-0.1, -0.05) is 26.0 Å². The summed E-state index contributed by atoms with van der Waals surface area (Å²) < 4.78 is 0. The number of hydrogen-bond acceptors (Lipinski definition) is 2. The topological polar surface area (TPSA) is 56.2 Å². The normalized spacial score (nSPS) is 31.9. The first-order chi connectivity index (χ1) is 12.4. The summed E-state index contributed by atoms with van der Waals surface area (Å²) in [5, 5.41) is 11.3. The highest BCUT2D eigenvalue weighted by atomic mass is 16.2. The van der Waals surface area contributed by atoms with Crippen LogP contribution in [0.4, 0.5) is 5.69 Å². The van der Waals surface area contributed by atoms with Gasteiger partial charge in [0.25, 0.3) is 0 Å². The SMILES string of the molecule is CC(C)c1ccc(N(C)C(=N)NC(=O)C23CC4CC(CC(C4)C2)C3)cc1. The Morgan fingerprint density at radius 3 is 2.04 bits per heavy atom. The van der Waals surface area contributed by atoms with Gasteiger partial charge in [0.1, 0.15) is 0 Å². The van der Waals surface area contributed by atoms with Crippen LogP contribution < -0.4 is 10.2 Å². The van der Waals surface area contributed by atoms with E-state index < -0.39 is 0 Å². The summed E-state index contributed by atoms with van der Waals surface area (Å²) in [4.78, 5) is 14.9. The van der Waals surface area contributed by atoms with E-state index in [1.165, 1.54) is 24.8 Å². The molecule has 0 aromatic heterocycles. The van der Waals surface area contributed by atoms with Gasteiger partial charge in [0.2, 0.25) is 11.9 Å². The minimum absolute atomic E-state index is 0.0900. The molecule has 1 amide bonds. The molecule has 1 aromatic carbocycles. The average Bonchev–Trinajstić information content (AvgIpc) is 2.60. The number of amides is 1. The first-order valence-corrected chi connectivity index (χ1v) is 10.1. The monoisotopic (exact) mass is 353 g/mol. The van der Waals surface area contributed by atoms with Crippen LogP contribution in [0, 0.1) is 28.6 Å². The molecule has 5 rings (SSSR count). The van der Waals surface area contributed by atoms with Gasteiger partial charge in [0, 0.05) is 12.7 Å². The number of carbonyl (C=O) groups excluding carboxylic acids is 1. The zero-order chi connectivity index (χ0) is 18.5. The van der Waals surface area contributed by atoms with E-state index in [1.54, 1.807) is 4.90 Å². The zero-order valence-electron chi connectivity index (χ0n) is 16.2. The Kier molecular flexibility index (Phi) is 4.32. The number of hydrogen-bond donors (Lipinski definition) is 2. The lowest BCUT2D eigenvalue weighted by atomic mass is 9.49. The second kappa shape index (κ2) is 6.40. The van der Waals surface area contributed by atoms with E-state index in [2.05, 4.69) is 31.3 Å². The van der Waals surface area contributed by atoms with Crippen LogP contribution in [-0.2, 0) is 4.79 Å².